The van der Waals surface area contributed by atoms with Crippen LogP contribution in [-0.4, -0.2) is 44.5 Å². The Hall–Kier alpha value is 0.129. The predicted molar refractivity (Wildman–Crippen MR) is 249 cm³/mol. The summed E-state index contributed by atoms with van der Waals surface area (Å²) in [5.74, 6) is 1.41. The van der Waals surface area contributed by atoms with Gasteiger partial charge >= 0.3 is 114 Å². The van der Waals surface area contributed by atoms with Gasteiger partial charge in [-0.05, 0) is 56.3 Å². The normalized spacial score (nSPS) is 9.82. The number of carbonyl (C=O) groups is 1. The Morgan fingerprint density at radius 2 is 1.02 bits per heavy atom. The molecule has 0 bridgehead atoms. The quantitative estimate of drug-likeness (QED) is 0.0761. The first-order chi connectivity index (χ1) is 24.6. The van der Waals surface area contributed by atoms with Crippen molar-refractivity contribution >= 4 is 150 Å². The number of carbonyl (C=O) groups excluding carboxylic acids is 1. The molecule has 6 rings (SSSR count). The number of aliphatic hydroxyl groups is 1. The van der Waals surface area contributed by atoms with E-state index in [2.05, 4.69) is 134 Å². The molecule has 6 aromatic rings. The van der Waals surface area contributed by atoms with E-state index in [0.29, 0.717) is 50.5 Å². The van der Waals surface area contributed by atoms with Crippen LogP contribution in [0.3, 0.4) is 0 Å². The van der Waals surface area contributed by atoms with Crippen molar-refractivity contribution in [2.24, 2.45) is 0 Å². The third-order valence-electron chi connectivity index (χ3n) is 5.93. The molecular formula is C36H40I5N4O4V2-2. The number of hydrogen-bond acceptors (Lipinski definition) is 8. The Morgan fingerprint density at radius 1 is 0.667 bits per heavy atom. The number of aromatic nitrogens is 4. The third kappa shape index (κ3) is 17.2. The van der Waals surface area contributed by atoms with Gasteiger partial charge in [0.1, 0.15) is 28.0 Å². The van der Waals surface area contributed by atoms with Crippen LogP contribution in [0.4, 0.5) is 0 Å². The molecule has 8 nitrogen and oxygen atoms in total. The van der Waals surface area contributed by atoms with Crippen LogP contribution >= 0.6 is 99.9 Å². The van der Waals surface area contributed by atoms with Crippen LogP contribution in [0.2, 0.25) is 0 Å². The third-order valence-corrected chi connectivity index (χ3v) is 5.93. The van der Waals surface area contributed by atoms with Gasteiger partial charge in [-0.2, -0.15) is 12.8 Å². The van der Waals surface area contributed by atoms with Crippen molar-refractivity contribution in [2.75, 3.05) is 13.2 Å². The maximum absolute atomic E-state index is 11.1. The second kappa shape index (κ2) is 29.4. The average Bonchev–Trinajstić information content (AvgIpc) is 3.11. The van der Waals surface area contributed by atoms with Gasteiger partial charge in [-0.15, -0.1) is 0 Å². The Labute approximate surface area is 368 Å². The summed E-state index contributed by atoms with van der Waals surface area (Å²) in [5.41, 5.74) is 7.13. The summed E-state index contributed by atoms with van der Waals surface area (Å²) in [6.07, 6.45) is 2.80. The molecule has 0 aliphatic carbocycles. The molecule has 0 saturated carbocycles. The molecule has 2 heterocycles. The Balaban J connectivity index is 0.000000383. The molecule has 0 atom stereocenters. The van der Waals surface area contributed by atoms with E-state index in [1.54, 1.807) is 12.1 Å². The molecule has 0 aliphatic heterocycles. The number of aliphatic hydroxyl groups excluding tert-OH is 1. The second-order valence-electron chi connectivity index (χ2n) is 9.59. The Kier molecular flexibility index (Phi) is 28.4. The van der Waals surface area contributed by atoms with Crippen LogP contribution in [0.5, 0.6) is 11.5 Å². The number of ether oxygens (including phenoxy) is 2. The number of fused-ring (bicyclic) bond motifs is 4. The summed E-state index contributed by atoms with van der Waals surface area (Å²) in [7, 11) is 0.628. The summed E-state index contributed by atoms with van der Waals surface area (Å²) in [5, 5.41) is 9.38. The molecule has 2 aromatic heterocycles. The van der Waals surface area contributed by atoms with Crippen LogP contribution in [-0.2, 0) is 21.0 Å². The standard InChI is InChI=1S/C15H14N2O2.C15H12N2O2.2C3H7.5HI.2V/c2*1-2-19-13-8-4-7-12-15(13)17-14-10(9-18)5-3-6-11(14)16-12;2*1-3-2;;;;;;;/h3-8,18H,2,9H2,1H3;3-9H,2H2,1H3;2*1,3H2,2H3;5*1H;;/q;;2*-1;;;;;;+2;+3/p-5. The van der Waals surface area contributed by atoms with Crippen LogP contribution < -0.4 is 9.47 Å². The van der Waals surface area contributed by atoms with Gasteiger partial charge in [0.25, 0.3) is 0 Å². The van der Waals surface area contributed by atoms with E-state index in [1.165, 1.54) is 0 Å². The summed E-state index contributed by atoms with van der Waals surface area (Å²) < 4.78 is 11.1. The first-order valence-electron chi connectivity index (χ1n) is 15.6. The zero-order valence-corrected chi connectivity index (χ0v) is 42.3. The molecular weight excluding hydrogens is 1290 g/mol. The minimum atomic E-state index is -0.278. The van der Waals surface area contributed by atoms with Crippen molar-refractivity contribution < 1.29 is 33.8 Å². The van der Waals surface area contributed by atoms with E-state index >= 15 is 0 Å². The molecule has 15 heteroatoms. The van der Waals surface area contributed by atoms with Crippen LogP contribution in [0.25, 0.3) is 44.1 Å². The number of benzene rings is 4. The SMILES string of the molecule is CCOc1cccc2nc3cccc(C=O)c3nc12.CCOc1cccc2nc3cccc(CO)c3nc12.[CH2-]CC.[CH2-]CC.[I][V]([I])[I].[I][V][I]. The monoisotopic (exact) mass is 1330 g/mol. The predicted octanol–water partition coefficient (Wildman–Crippen LogP) is 12.6. The van der Waals surface area contributed by atoms with E-state index in [9.17, 15) is 9.90 Å². The zero-order chi connectivity index (χ0) is 38.2. The van der Waals surface area contributed by atoms with Crippen molar-refractivity contribution in [2.45, 2.75) is 47.1 Å². The molecule has 0 fully saturated rings. The number of nitrogens with zero attached hydrogens (tertiary/aromatic N) is 4. The van der Waals surface area contributed by atoms with Gasteiger partial charge in [0, 0.05) is 11.1 Å². The van der Waals surface area contributed by atoms with Gasteiger partial charge in [-0.25, -0.2) is 19.9 Å². The maximum atomic E-state index is 11.1. The first kappa shape index (κ1) is 49.1. The average molecular weight is 1330 g/mol. The van der Waals surface area contributed by atoms with Gasteiger partial charge in [0.15, 0.2) is 6.29 Å². The minimum absolute atomic E-state index is 0.0473. The number of halogens is 5. The van der Waals surface area contributed by atoms with Gasteiger partial charge in [-0.3, -0.25) is 4.79 Å². The second-order valence-corrected chi connectivity index (χ2v) is 56.8. The van der Waals surface area contributed by atoms with E-state index in [-0.39, 0.29) is 11.5 Å². The summed E-state index contributed by atoms with van der Waals surface area (Å²) in [6, 6.07) is 22.3. The van der Waals surface area contributed by atoms with Crippen molar-refractivity contribution in [3.63, 3.8) is 0 Å². The van der Waals surface area contributed by atoms with Crippen molar-refractivity contribution in [3.05, 3.63) is 97.8 Å². The van der Waals surface area contributed by atoms with Gasteiger partial charge in [-0.1, -0.05) is 44.2 Å². The molecule has 0 spiro atoms. The fourth-order valence-corrected chi connectivity index (χ4v) is 4.23. The van der Waals surface area contributed by atoms with E-state index in [1.807, 2.05) is 88.4 Å². The molecule has 0 unspecified atom stereocenters. The van der Waals surface area contributed by atoms with Crippen molar-refractivity contribution in [1.82, 2.24) is 19.9 Å². The fourth-order valence-electron chi connectivity index (χ4n) is 4.23. The molecule has 275 valence electrons. The molecule has 0 saturated heterocycles. The van der Waals surface area contributed by atoms with Gasteiger partial charge < -0.3 is 28.4 Å². The summed E-state index contributed by atoms with van der Waals surface area (Å²) in [6.45, 7) is 16.0. The molecule has 0 radical (unpaired) electrons. The van der Waals surface area contributed by atoms with Crippen LogP contribution in [0.15, 0.2) is 72.8 Å². The molecule has 1 N–H and O–H groups in total. The topological polar surface area (TPSA) is 107 Å². The summed E-state index contributed by atoms with van der Waals surface area (Å²) >= 11 is 12.1. The van der Waals surface area contributed by atoms with Gasteiger partial charge in [0.2, 0.25) is 0 Å². The Morgan fingerprint density at radius 3 is 1.41 bits per heavy atom. The Bertz CT molecular complexity index is 1900. The summed E-state index contributed by atoms with van der Waals surface area (Å²) in [4.78, 5) is 29.1. The molecule has 0 aliphatic rings. The number of aldehydes is 1. The van der Waals surface area contributed by atoms with Crippen molar-refractivity contribution in [3.8, 4) is 11.5 Å². The molecule has 0 amide bonds. The van der Waals surface area contributed by atoms with Crippen LogP contribution in [0, 0.1) is 13.8 Å². The molecule has 51 heavy (non-hydrogen) atoms. The number of hydrogen-bond donors (Lipinski definition) is 1. The van der Waals surface area contributed by atoms with E-state index in [4.69, 9.17) is 9.47 Å². The van der Waals surface area contributed by atoms with Gasteiger partial charge in [0.05, 0.1) is 47.4 Å². The number of para-hydroxylation sites is 4. The number of rotatable bonds is 6. The molecule has 4 aromatic carbocycles. The van der Waals surface area contributed by atoms with Crippen molar-refractivity contribution in [1.29, 1.82) is 0 Å². The van der Waals surface area contributed by atoms with E-state index in [0.717, 1.165) is 58.0 Å². The van der Waals surface area contributed by atoms with Crippen LogP contribution in [0.1, 0.15) is 56.5 Å². The zero-order valence-electron chi connectivity index (χ0n) is 28.7. The first-order valence-corrected chi connectivity index (χ1v) is 38.1. The van der Waals surface area contributed by atoms with E-state index < -0.39 is 0 Å². The fraction of sp³-hybridized carbons (Fsp3) is 0.250.